The first kappa shape index (κ1) is 20.7. The van der Waals surface area contributed by atoms with Crippen LogP contribution in [0.4, 0.5) is 11.4 Å². The van der Waals surface area contributed by atoms with Crippen molar-refractivity contribution in [1.82, 2.24) is 5.32 Å². The first-order valence-corrected chi connectivity index (χ1v) is 10.5. The average Bonchev–Trinajstić information content (AvgIpc) is 3.18. The third-order valence-electron chi connectivity index (χ3n) is 5.70. The highest BCUT2D eigenvalue weighted by Crippen LogP contribution is 2.39. The van der Waals surface area contributed by atoms with E-state index in [2.05, 4.69) is 66.1 Å². The van der Waals surface area contributed by atoms with Gasteiger partial charge < -0.3 is 25.8 Å². The van der Waals surface area contributed by atoms with Gasteiger partial charge in [0.1, 0.15) is 11.5 Å². The number of ether oxygens (including phenoxy) is 2. The first-order valence-electron chi connectivity index (χ1n) is 10.5. The minimum absolute atomic E-state index is 0.356. The molecule has 4 N–H and O–H groups in total. The van der Waals surface area contributed by atoms with Gasteiger partial charge in [0.15, 0.2) is 0 Å². The molecule has 5 heteroatoms. The van der Waals surface area contributed by atoms with Crippen molar-refractivity contribution in [2.75, 3.05) is 25.6 Å². The summed E-state index contributed by atoms with van der Waals surface area (Å²) in [6.45, 7) is 5.44. The van der Waals surface area contributed by atoms with Crippen LogP contribution in [0.15, 0.2) is 78.6 Å². The van der Waals surface area contributed by atoms with E-state index in [0.717, 1.165) is 34.0 Å². The Hall–Kier alpha value is -3.60. The number of methoxy groups -OCH3 is 1. The molecule has 0 aromatic heterocycles. The van der Waals surface area contributed by atoms with E-state index in [1.165, 1.54) is 5.56 Å². The number of hydrogen-bond acceptors (Lipinski definition) is 5. The summed E-state index contributed by atoms with van der Waals surface area (Å²) < 4.78 is 11.1. The summed E-state index contributed by atoms with van der Waals surface area (Å²) in [5.74, 6) is 2.42. The maximum absolute atomic E-state index is 6.19. The quantitative estimate of drug-likeness (QED) is 0.515. The van der Waals surface area contributed by atoms with Gasteiger partial charge in [0.05, 0.1) is 25.0 Å². The number of nitrogens with one attached hydrogen (secondary N) is 2. The molecule has 0 fully saturated rings. The molecule has 5 nitrogen and oxygen atoms in total. The molecule has 0 spiro atoms. The van der Waals surface area contributed by atoms with Gasteiger partial charge in [0.2, 0.25) is 0 Å². The molecule has 1 atom stereocenters. The van der Waals surface area contributed by atoms with Crippen molar-refractivity contribution in [2.24, 2.45) is 5.73 Å². The molecule has 3 aromatic rings. The molecule has 0 bridgehead atoms. The third-order valence-corrected chi connectivity index (χ3v) is 5.70. The Morgan fingerprint density at radius 2 is 1.74 bits per heavy atom. The van der Waals surface area contributed by atoms with Crippen molar-refractivity contribution in [1.29, 1.82) is 0 Å². The Morgan fingerprint density at radius 1 is 1.00 bits per heavy atom. The van der Waals surface area contributed by atoms with Gasteiger partial charge in [0.25, 0.3) is 0 Å². The molecule has 1 heterocycles. The summed E-state index contributed by atoms with van der Waals surface area (Å²) in [4.78, 5) is 0. The molecular weight excluding hydrogens is 386 g/mol. The maximum atomic E-state index is 6.19. The van der Waals surface area contributed by atoms with E-state index < -0.39 is 0 Å². The van der Waals surface area contributed by atoms with Crippen molar-refractivity contribution in [3.8, 4) is 11.5 Å². The van der Waals surface area contributed by atoms with Crippen LogP contribution < -0.4 is 25.8 Å². The molecule has 160 valence electrons. The van der Waals surface area contributed by atoms with Crippen LogP contribution in [-0.2, 0) is 5.41 Å². The predicted molar refractivity (Wildman–Crippen MR) is 126 cm³/mol. The van der Waals surface area contributed by atoms with Crippen molar-refractivity contribution < 1.29 is 9.47 Å². The lowest BCUT2D eigenvalue weighted by Gasteiger charge is -2.29. The molecule has 4 rings (SSSR count). The van der Waals surface area contributed by atoms with Crippen LogP contribution in [-0.4, -0.2) is 20.3 Å². The summed E-state index contributed by atoms with van der Waals surface area (Å²) in [5, 5.41) is 6.81. The van der Waals surface area contributed by atoms with Gasteiger partial charge in [-0.05, 0) is 66.9 Å². The van der Waals surface area contributed by atoms with E-state index >= 15 is 0 Å². The third kappa shape index (κ3) is 4.17. The second-order valence-electron chi connectivity index (χ2n) is 7.78. The summed E-state index contributed by atoms with van der Waals surface area (Å²) in [7, 11) is 1.67. The highest BCUT2D eigenvalue weighted by molar-refractivity contribution is 5.64. The number of hydrogen-bond donors (Lipinski definition) is 3. The van der Waals surface area contributed by atoms with Gasteiger partial charge in [0, 0.05) is 24.0 Å². The fourth-order valence-electron chi connectivity index (χ4n) is 4.13. The molecule has 1 aliphatic heterocycles. The lowest BCUT2D eigenvalue weighted by Crippen LogP contribution is -2.31. The molecule has 1 aliphatic rings. The second-order valence-corrected chi connectivity index (χ2v) is 7.78. The van der Waals surface area contributed by atoms with Gasteiger partial charge in [-0.2, -0.15) is 0 Å². The molecule has 1 unspecified atom stereocenters. The van der Waals surface area contributed by atoms with Crippen LogP contribution >= 0.6 is 0 Å². The summed E-state index contributed by atoms with van der Waals surface area (Å²) >= 11 is 0. The maximum Gasteiger partial charge on any atom is 0.122 e. The highest BCUT2D eigenvalue weighted by atomic mass is 16.5. The number of benzene rings is 3. The zero-order valence-corrected chi connectivity index (χ0v) is 18.2. The SMILES string of the molecule is CCOc1ccc(C2(c3cccc(Nc4cccc(OC)c4)c3)C=C(N)NC2)cc1C. The molecule has 3 aromatic carbocycles. The Balaban J connectivity index is 1.72. The van der Waals surface area contributed by atoms with Gasteiger partial charge in [-0.25, -0.2) is 0 Å². The van der Waals surface area contributed by atoms with E-state index in [1.807, 2.05) is 31.2 Å². The zero-order valence-electron chi connectivity index (χ0n) is 18.2. The molecule has 0 radical (unpaired) electrons. The summed E-state index contributed by atoms with van der Waals surface area (Å²) in [5.41, 5.74) is 11.3. The fraction of sp³-hybridized carbons (Fsp3) is 0.231. The Kier molecular flexibility index (Phi) is 5.76. The van der Waals surface area contributed by atoms with Gasteiger partial charge >= 0.3 is 0 Å². The van der Waals surface area contributed by atoms with Crippen molar-refractivity contribution in [2.45, 2.75) is 19.3 Å². The molecule has 0 saturated carbocycles. The average molecular weight is 416 g/mol. The number of nitrogens with two attached hydrogens (primary N) is 1. The van der Waals surface area contributed by atoms with Crippen LogP contribution in [0.25, 0.3) is 0 Å². The Labute approximate surface area is 183 Å². The van der Waals surface area contributed by atoms with Crippen LogP contribution in [0.5, 0.6) is 11.5 Å². The van der Waals surface area contributed by atoms with Crippen molar-refractivity contribution in [3.63, 3.8) is 0 Å². The molecule has 0 aliphatic carbocycles. The normalized spacial score (nSPS) is 17.6. The molecule has 31 heavy (non-hydrogen) atoms. The molecule has 0 saturated heterocycles. The van der Waals surface area contributed by atoms with Crippen molar-refractivity contribution in [3.05, 3.63) is 95.3 Å². The second kappa shape index (κ2) is 8.64. The smallest absolute Gasteiger partial charge is 0.122 e. The minimum Gasteiger partial charge on any atom is -0.497 e. The molecule has 0 amide bonds. The van der Waals surface area contributed by atoms with E-state index in [-0.39, 0.29) is 5.41 Å². The van der Waals surface area contributed by atoms with Crippen LogP contribution in [0.3, 0.4) is 0 Å². The van der Waals surface area contributed by atoms with E-state index in [9.17, 15) is 0 Å². The highest BCUT2D eigenvalue weighted by Gasteiger charge is 2.37. The minimum atomic E-state index is -0.356. The lowest BCUT2D eigenvalue weighted by molar-refractivity contribution is 0.337. The Bertz CT molecular complexity index is 1110. The summed E-state index contributed by atoms with van der Waals surface area (Å²) in [6.07, 6.45) is 2.12. The predicted octanol–water partition coefficient (Wildman–Crippen LogP) is 4.84. The lowest BCUT2D eigenvalue weighted by atomic mass is 9.75. The van der Waals surface area contributed by atoms with Crippen LogP contribution in [0, 0.1) is 6.92 Å². The Morgan fingerprint density at radius 3 is 2.42 bits per heavy atom. The van der Waals surface area contributed by atoms with Crippen molar-refractivity contribution >= 4 is 11.4 Å². The standard InChI is InChI=1S/C26H29N3O2/c1-4-31-24-12-11-20(13-18(24)2)26(16-25(27)28-17-26)19-7-5-8-21(14-19)29-22-9-6-10-23(15-22)30-3/h5-16,28-29H,4,17,27H2,1-3H3. The van der Waals surface area contributed by atoms with Gasteiger partial charge in [-0.15, -0.1) is 0 Å². The van der Waals surface area contributed by atoms with Gasteiger partial charge in [-0.3, -0.25) is 0 Å². The fourth-order valence-corrected chi connectivity index (χ4v) is 4.13. The molecular formula is C26H29N3O2. The summed E-state index contributed by atoms with van der Waals surface area (Å²) in [6, 6.07) is 22.8. The number of anilines is 2. The van der Waals surface area contributed by atoms with E-state index in [4.69, 9.17) is 15.2 Å². The van der Waals surface area contributed by atoms with Gasteiger partial charge in [-0.1, -0.05) is 30.3 Å². The number of aryl methyl sites for hydroxylation is 1. The van der Waals surface area contributed by atoms with Crippen LogP contribution in [0.2, 0.25) is 0 Å². The largest absolute Gasteiger partial charge is 0.497 e. The number of rotatable bonds is 7. The van der Waals surface area contributed by atoms with Crippen LogP contribution in [0.1, 0.15) is 23.6 Å². The van der Waals surface area contributed by atoms with E-state index in [1.54, 1.807) is 7.11 Å². The topological polar surface area (TPSA) is 68.5 Å². The van der Waals surface area contributed by atoms with E-state index in [0.29, 0.717) is 19.0 Å². The zero-order chi connectivity index (χ0) is 21.8. The monoisotopic (exact) mass is 415 g/mol. The first-order chi connectivity index (χ1) is 15.0.